The first-order chi connectivity index (χ1) is 13.4. The minimum absolute atomic E-state index is 0. The van der Waals surface area contributed by atoms with Gasteiger partial charge in [-0.25, -0.2) is 0 Å². The first kappa shape index (κ1) is 24.6. The van der Waals surface area contributed by atoms with Gasteiger partial charge in [-0.2, -0.15) is 5.26 Å². The zero-order valence-corrected chi connectivity index (χ0v) is 19.7. The van der Waals surface area contributed by atoms with Crippen LogP contribution in [0.2, 0.25) is 20.1 Å². The minimum Gasteiger partial charge on any atom is -0.330 e. The molecule has 2 aromatic carbocycles. The van der Waals surface area contributed by atoms with Crippen molar-refractivity contribution in [3.8, 4) is 6.07 Å². The van der Waals surface area contributed by atoms with E-state index in [1.165, 1.54) is 6.42 Å². The molecular weight excluding hydrogens is 470 g/mol. The summed E-state index contributed by atoms with van der Waals surface area (Å²) in [4.78, 5) is 0. The molecule has 2 N–H and O–H groups in total. The van der Waals surface area contributed by atoms with Gasteiger partial charge in [0.05, 0.1) is 11.5 Å². The zero-order chi connectivity index (χ0) is 20.4. The molecular formula is C22H23Cl5N2. The molecule has 2 aromatic rings. The van der Waals surface area contributed by atoms with Crippen molar-refractivity contribution >= 4 is 58.8 Å². The van der Waals surface area contributed by atoms with Crippen LogP contribution in [0, 0.1) is 11.3 Å². The Labute approximate surface area is 198 Å². The number of nitrogens with two attached hydrogens (primary N) is 1. The molecule has 2 saturated carbocycles. The summed E-state index contributed by atoms with van der Waals surface area (Å²) in [6.45, 7) is 0.635. The van der Waals surface area contributed by atoms with Crippen molar-refractivity contribution < 1.29 is 0 Å². The SMILES string of the molecule is Cl.N#CC1(c2c(Cl)cccc2Cl)CCC1.NCC1(c2c(Cl)cccc2Cl)CCC1. The van der Waals surface area contributed by atoms with Crippen LogP contribution in [0.1, 0.15) is 49.7 Å². The van der Waals surface area contributed by atoms with E-state index in [-0.39, 0.29) is 17.8 Å². The summed E-state index contributed by atoms with van der Waals surface area (Å²) in [6.07, 6.45) is 6.24. The van der Waals surface area contributed by atoms with E-state index < -0.39 is 5.41 Å². The second kappa shape index (κ2) is 10.1. The lowest BCUT2D eigenvalue weighted by molar-refractivity contribution is 0.253. The van der Waals surface area contributed by atoms with Gasteiger partial charge in [0.1, 0.15) is 0 Å². The van der Waals surface area contributed by atoms with Crippen LogP contribution in [-0.2, 0) is 10.8 Å². The van der Waals surface area contributed by atoms with E-state index in [0.717, 1.165) is 53.3 Å². The van der Waals surface area contributed by atoms with Gasteiger partial charge in [-0.15, -0.1) is 12.4 Å². The quantitative estimate of drug-likeness (QED) is 0.476. The number of nitrogens with zero attached hydrogens (tertiary/aromatic N) is 1. The van der Waals surface area contributed by atoms with E-state index in [4.69, 9.17) is 52.1 Å². The fourth-order valence-corrected chi connectivity index (χ4v) is 5.62. The van der Waals surface area contributed by atoms with Crippen LogP contribution in [0.3, 0.4) is 0 Å². The molecule has 0 spiro atoms. The van der Waals surface area contributed by atoms with Crippen LogP contribution >= 0.6 is 58.8 Å². The summed E-state index contributed by atoms with van der Waals surface area (Å²) in [7, 11) is 0. The lowest BCUT2D eigenvalue weighted by atomic mass is 9.64. The maximum absolute atomic E-state index is 9.17. The molecule has 2 nitrogen and oxygen atoms in total. The average molecular weight is 493 g/mol. The monoisotopic (exact) mass is 490 g/mol. The van der Waals surface area contributed by atoms with Crippen molar-refractivity contribution in [2.24, 2.45) is 5.73 Å². The standard InChI is InChI=1S/C11H13Cl2N.C11H9Cl2N.ClH/c2*12-8-3-1-4-9(13)10(8)11(7-14)5-2-6-11;/h1,3-4H,2,5-7,14H2;1,3-4H,2,5-6H2;1H. The van der Waals surface area contributed by atoms with Crippen molar-refractivity contribution in [3.05, 3.63) is 67.6 Å². The van der Waals surface area contributed by atoms with Gasteiger partial charge in [0.15, 0.2) is 0 Å². The summed E-state index contributed by atoms with van der Waals surface area (Å²) in [5.74, 6) is 0. The van der Waals surface area contributed by atoms with Gasteiger partial charge >= 0.3 is 0 Å². The molecule has 2 fully saturated rings. The first-order valence-electron chi connectivity index (χ1n) is 9.39. The molecule has 2 aliphatic carbocycles. The summed E-state index contributed by atoms with van der Waals surface area (Å²) in [6, 6.07) is 13.4. The van der Waals surface area contributed by atoms with Gasteiger partial charge in [0, 0.05) is 37.6 Å². The highest BCUT2D eigenvalue weighted by atomic mass is 35.5. The molecule has 4 rings (SSSR count). The van der Waals surface area contributed by atoms with Crippen molar-refractivity contribution in [2.75, 3.05) is 6.54 Å². The summed E-state index contributed by atoms with van der Waals surface area (Å²) in [5, 5.41) is 11.9. The van der Waals surface area contributed by atoms with Gasteiger partial charge < -0.3 is 5.73 Å². The Morgan fingerprint density at radius 1 is 0.793 bits per heavy atom. The topological polar surface area (TPSA) is 49.8 Å². The van der Waals surface area contributed by atoms with Crippen LogP contribution in [0.25, 0.3) is 0 Å². The molecule has 7 heteroatoms. The van der Waals surface area contributed by atoms with Gasteiger partial charge in [-0.3, -0.25) is 0 Å². The third-order valence-corrected chi connectivity index (χ3v) is 7.32. The molecule has 29 heavy (non-hydrogen) atoms. The summed E-state index contributed by atoms with van der Waals surface area (Å²) < 4.78 is 0. The third-order valence-electron chi connectivity index (χ3n) is 6.06. The van der Waals surface area contributed by atoms with E-state index in [0.29, 0.717) is 16.6 Å². The first-order valence-corrected chi connectivity index (χ1v) is 10.9. The maximum Gasteiger partial charge on any atom is 0.0851 e. The lowest BCUT2D eigenvalue weighted by Crippen LogP contribution is -2.42. The summed E-state index contributed by atoms with van der Waals surface area (Å²) >= 11 is 24.5. The van der Waals surface area contributed by atoms with E-state index in [1.54, 1.807) is 18.2 Å². The van der Waals surface area contributed by atoms with Gasteiger partial charge in [0.25, 0.3) is 0 Å². The Hall–Kier alpha value is -0.660. The molecule has 0 saturated heterocycles. The number of rotatable bonds is 3. The Morgan fingerprint density at radius 3 is 1.48 bits per heavy atom. The van der Waals surface area contributed by atoms with Gasteiger partial charge in [0.2, 0.25) is 0 Å². The Balaban J connectivity index is 0.000000200. The molecule has 2 aliphatic rings. The smallest absolute Gasteiger partial charge is 0.0851 e. The van der Waals surface area contributed by atoms with E-state index in [1.807, 2.05) is 18.2 Å². The van der Waals surface area contributed by atoms with Crippen LogP contribution in [0.15, 0.2) is 36.4 Å². The second-order valence-corrected chi connectivity index (χ2v) is 9.21. The molecule has 0 heterocycles. The summed E-state index contributed by atoms with van der Waals surface area (Å²) in [5.41, 5.74) is 7.32. The Morgan fingerprint density at radius 2 is 1.21 bits per heavy atom. The zero-order valence-electron chi connectivity index (χ0n) is 15.9. The fraction of sp³-hybridized carbons (Fsp3) is 0.409. The second-order valence-electron chi connectivity index (χ2n) is 7.58. The number of benzene rings is 2. The largest absolute Gasteiger partial charge is 0.330 e. The van der Waals surface area contributed by atoms with Gasteiger partial charge in [-0.1, -0.05) is 65.0 Å². The van der Waals surface area contributed by atoms with E-state index in [2.05, 4.69) is 6.07 Å². The van der Waals surface area contributed by atoms with Crippen molar-refractivity contribution in [3.63, 3.8) is 0 Å². The van der Waals surface area contributed by atoms with Crippen LogP contribution in [0.4, 0.5) is 0 Å². The Bertz CT molecular complexity index is 853. The molecule has 0 aromatic heterocycles. The predicted octanol–water partition coefficient (Wildman–Crippen LogP) is 7.73. The highest BCUT2D eigenvalue weighted by Gasteiger charge is 2.42. The molecule has 0 bridgehead atoms. The molecule has 0 unspecified atom stereocenters. The van der Waals surface area contributed by atoms with Crippen molar-refractivity contribution in [2.45, 2.75) is 49.4 Å². The highest BCUT2D eigenvalue weighted by Crippen LogP contribution is 2.49. The molecule has 0 aliphatic heterocycles. The van der Waals surface area contributed by atoms with E-state index >= 15 is 0 Å². The predicted molar refractivity (Wildman–Crippen MR) is 126 cm³/mol. The average Bonchev–Trinajstić information content (AvgIpc) is 2.59. The number of hydrogen-bond acceptors (Lipinski definition) is 2. The molecule has 0 atom stereocenters. The van der Waals surface area contributed by atoms with Crippen molar-refractivity contribution in [1.29, 1.82) is 5.26 Å². The lowest BCUT2D eigenvalue weighted by Gasteiger charge is -2.42. The highest BCUT2D eigenvalue weighted by molar-refractivity contribution is 6.36. The molecule has 0 amide bonds. The minimum atomic E-state index is -0.421. The molecule has 0 radical (unpaired) electrons. The van der Waals surface area contributed by atoms with Crippen molar-refractivity contribution in [1.82, 2.24) is 0 Å². The Kier molecular flexibility index (Phi) is 8.57. The number of hydrogen-bond donors (Lipinski definition) is 1. The normalized spacial score (nSPS) is 18.1. The third kappa shape index (κ3) is 4.67. The number of halogens is 5. The molecule has 156 valence electrons. The van der Waals surface area contributed by atoms with Crippen LogP contribution < -0.4 is 5.73 Å². The number of nitriles is 1. The van der Waals surface area contributed by atoms with E-state index in [9.17, 15) is 5.26 Å². The van der Waals surface area contributed by atoms with Crippen LogP contribution in [-0.4, -0.2) is 6.54 Å². The van der Waals surface area contributed by atoms with Gasteiger partial charge in [-0.05, 0) is 61.9 Å². The maximum atomic E-state index is 9.17. The van der Waals surface area contributed by atoms with Crippen LogP contribution in [0.5, 0.6) is 0 Å². The fourth-order valence-electron chi connectivity index (χ4n) is 4.07.